The average molecular weight is 486 g/mol. The second kappa shape index (κ2) is 12.6. The summed E-state index contributed by atoms with van der Waals surface area (Å²) < 4.78 is 23.1. The quantitative estimate of drug-likeness (QED) is 0.118. The smallest absolute Gasteiger partial charge is 0.338 e. The van der Waals surface area contributed by atoms with Crippen LogP contribution >= 0.6 is 0 Å². The molecule has 2 rings (SSSR count). The lowest BCUT2D eigenvalue weighted by Gasteiger charge is -2.37. The fraction of sp³-hybridized carbons (Fsp3) is 0.480. The lowest BCUT2D eigenvalue weighted by molar-refractivity contribution is -0.0331. The Morgan fingerprint density at radius 1 is 1.06 bits per heavy atom. The summed E-state index contributed by atoms with van der Waals surface area (Å²) in [5, 5.41) is 3.93. The fourth-order valence-corrected chi connectivity index (χ4v) is 3.82. The Bertz CT molecular complexity index is 955. The molecule has 0 aliphatic carbocycles. The maximum atomic E-state index is 12.5. The minimum absolute atomic E-state index is 0.00681. The van der Waals surface area contributed by atoms with Crippen LogP contribution in [0.1, 0.15) is 36.7 Å². The zero-order chi connectivity index (χ0) is 25.2. The van der Waals surface area contributed by atoms with E-state index < -0.39 is 26.4 Å². The fourth-order valence-electron chi connectivity index (χ4n) is 2.80. The minimum Gasteiger partial charge on any atom is -0.497 e. The molecule has 184 valence electrons. The number of nitrogens with zero attached hydrogens (tertiary/aromatic N) is 3. The Morgan fingerprint density at radius 2 is 1.71 bits per heavy atom. The molecule has 0 bridgehead atoms. The van der Waals surface area contributed by atoms with Gasteiger partial charge in [0.25, 0.3) is 0 Å². The average Bonchev–Trinajstić information content (AvgIpc) is 2.82. The van der Waals surface area contributed by atoms with Gasteiger partial charge in [-0.2, -0.15) is 0 Å². The van der Waals surface area contributed by atoms with Crippen LogP contribution in [0.15, 0.2) is 59.7 Å². The molecule has 0 spiro atoms. The number of carbonyl (C=O) groups is 1. The topological polar surface area (TPSA) is 103 Å². The van der Waals surface area contributed by atoms with E-state index in [4.69, 9.17) is 18.6 Å². The van der Waals surface area contributed by atoms with Crippen molar-refractivity contribution >= 4 is 14.3 Å². The van der Waals surface area contributed by atoms with Gasteiger partial charge in [0.15, 0.2) is 8.32 Å². The lowest BCUT2D eigenvalue weighted by atomic mass is 10.2. The molecule has 0 heterocycles. The number of azide groups is 1. The normalized spacial score (nSPS) is 13.5. The molecule has 2 aromatic rings. The van der Waals surface area contributed by atoms with Gasteiger partial charge in [0, 0.05) is 11.5 Å². The standard InChI is InChI=1S/C25H35N3O5Si/c1-25(2,3)34(5,6)33-17-22(27-28-26)23(18-32-24(29)20-10-8-7-9-11-20)31-16-19-12-14-21(30-4)15-13-19/h7-15,22-23H,16-18H2,1-6H3/t22-,23-/m0/s1. The first-order valence-corrected chi connectivity index (χ1v) is 14.1. The summed E-state index contributed by atoms with van der Waals surface area (Å²) in [7, 11) is -0.491. The molecule has 0 radical (unpaired) electrons. The molecule has 0 aromatic heterocycles. The van der Waals surface area contributed by atoms with E-state index in [1.807, 2.05) is 30.3 Å². The van der Waals surface area contributed by atoms with Gasteiger partial charge >= 0.3 is 5.97 Å². The second-order valence-electron chi connectivity index (χ2n) is 9.51. The monoisotopic (exact) mass is 485 g/mol. The van der Waals surface area contributed by atoms with Crippen molar-refractivity contribution in [3.05, 3.63) is 76.2 Å². The van der Waals surface area contributed by atoms with Gasteiger partial charge in [0.1, 0.15) is 18.5 Å². The molecule has 2 aromatic carbocycles. The Morgan fingerprint density at radius 3 is 2.26 bits per heavy atom. The van der Waals surface area contributed by atoms with Gasteiger partial charge in [-0.15, -0.1) is 0 Å². The molecule has 0 saturated heterocycles. The molecule has 0 fully saturated rings. The summed E-state index contributed by atoms with van der Waals surface area (Å²) in [5.74, 6) is 0.274. The van der Waals surface area contributed by atoms with Crippen LogP contribution in [-0.4, -0.2) is 46.8 Å². The van der Waals surface area contributed by atoms with Gasteiger partial charge < -0.3 is 18.6 Å². The van der Waals surface area contributed by atoms with Crippen LogP contribution in [0.5, 0.6) is 5.75 Å². The van der Waals surface area contributed by atoms with E-state index in [2.05, 4.69) is 43.9 Å². The van der Waals surface area contributed by atoms with E-state index >= 15 is 0 Å². The zero-order valence-electron chi connectivity index (χ0n) is 20.9. The molecule has 2 atom stereocenters. The summed E-state index contributed by atoms with van der Waals surface area (Å²) >= 11 is 0. The third-order valence-electron chi connectivity index (χ3n) is 6.06. The largest absolute Gasteiger partial charge is 0.497 e. The highest BCUT2D eigenvalue weighted by molar-refractivity contribution is 6.74. The summed E-state index contributed by atoms with van der Waals surface area (Å²) in [5.41, 5.74) is 10.6. The number of hydrogen-bond acceptors (Lipinski definition) is 6. The number of rotatable bonds is 12. The number of esters is 1. The molecule has 0 saturated carbocycles. The predicted octanol–water partition coefficient (Wildman–Crippen LogP) is 6.14. The van der Waals surface area contributed by atoms with Crippen molar-refractivity contribution in [1.29, 1.82) is 0 Å². The molecule has 0 aliphatic heterocycles. The highest BCUT2D eigenvalue weighted by atomic mass is 28.4. The highest BCUT2D eigenvalue weighted by Gasteiger charge is 2.38. The maximum absolute atomic E-state index is 12.5. The van der Waals surface area contributed by atoms with Crippen molar-refractivity contribution in [3.63, 3.8) is 0 Å². The van der Waals surface area contributed by atoms with E-state index in [1.54, 1.807) is 31.4 Å². The van der Waals surface area contributed by atoms with Crippen molar-refractivity contribution in [1.82, 2.24) is 0 Å². The summed E-state index contributed by atoms with van der Waals surface area (Å²) in [4.78, 5) is 15.5. The summed E-state index contributed by atoms with van der Waals surface area (Å²) in [6.45, 7) is 11.0. The SMILES string of the molecule is COc1ccc(CO[C@@H](COC(=O)c2ccccc2)[C@H](CO[Si](C)(C)C(C)(C)C)N=[N+]=[N-])cc1. The molecular formula is C25H35N3O5Si. The third kappa shape index (κ3) is 8.18. The first-order valence-electron chi connectivity index (χ1n) is 11.2. The van der Waals surface area contributed by atoms with E-state index in [-0.39, 0.29) is 24.9 Å². The number of hydrogen-bond donors (Lipinski definition) is 0. The molecule has 34 heavy (non-hydrogen) atoms. The van der Waals surface area contributed by atoms with E-state index in [0.29, 0.717) is 5.56 Å². The van der Waals surface area contributed by atoms with E-state index in [1.165, 1.54) is 0 Å². The Balaban J connectivity index is 2.16. The van der Waals surface area contributed by atoms with Crippen LogP contribution in [0.3, 0.4) is 0 Å². The Kier molecular flexibility index (Phi) is 10.1. The Labute approximate surface area is 202 Å². The molecule has 9 heteroatoms. The van der Waals surface area contributed by atoms with Crippen molar-refractivity contribution < 1.29 is 23.4 Å². The van der Waals surface area contributed by atoms with Crippen molar-refractivity contribution in [2.75, 3.05) is 20.3 Å². The van der Waals surface area contributed by atoms with Crippen molar-refractivity contribution in [2.24, 2.45) is 5.11 Å². The molecule has 8 nitrogen and oxygen atoms in total. The number of benzene rings is 2. The van der Waals surface area contributed by atoms with Gasteiger partial charge in [0.05, 0.1) is 25.3 Å². The second-order valence-corrected chi connectivity index (χ2v) is 14.3. The van der Waals surface area contributed by atoms with Crippen molar-refractivity contribution in [2.45, 2.75) is 57.7 Å². The molecule has 0 unspecified atom stereocenters. The predicted molar refractivity (Wildman–Crippen MR) is 134 cm³/mol. The van der Waals surface area contributed by atoms with Crippen LogP contribution in [0.4, 0.5) is 0 Å². The van der Waals surface area contributed by atoms with Crippen LogP contribution < -0.4 is 4.74 Å². The molecule has 0 aliphatic rings. The van der Waals surface area contributed by atoms with Crippen molar-refractivity contribution in [3.8, 4) is 5.75 Å². The van der Waals surface area contributed by atoms with Crippen LogP contribution in [0.25, 0.3) is 10.4 Å². The first kappa shape index (κ1) is 27.4. The number of methoxy groups -OCH3 is 1. The van der Waals surface area contributed by atoms with Crippen LogP contribution in [0.2, 0.25) is 18.1 Å². The van der Waals surface area contributed by atoms with Gasteiger partial charge in [-0.3, -0.25) is 0 Å². The zero-order valence-corrected chi connectivity index (χ0v) is 21.9. The van der Waals surface area contributed by atoms with Gasteiger partial charge in [0.2, 0.25) is 0 Å². The third-order valence-corrected chi connectivity index (χ3v) is 10.6. The van der Waals surface area contributed by atoms with E-state index in [9.17, 15) is 10.3 Å². The van der Waals surface area contributed by atoms with Crippen LogP contribution in [-0.2, 0) is 20.5 Å². The number of carbonyl (C=O) groups excluding carboxylic acids is 1. The van der Waals surface area contributed by atoms with Crippen LogP contribution in [0, 0.1) is 0 Å². The lowest BCUT2D eigenvalue weighted by Crippen LogP contribution is -2.45. The number of ether oxygens (including phenoxy) is 3. The summed E-state index contributed by atoms with van der Waals surface area (Å²) in [6.07, 6.45) is -0.685. The molecule has 0 N–H and O–H groups in total. The Hall–Kier alpha value is -2.84. The maximum Gasteiger partial charge on any atom is 0.338 e. The van der Waals surface area contributed by atoms with E-state index in [0.717, 1.165) is 11.3 Å². The molecule has 0 amide bonds. The van der Waals surface area contributed by atoms with Gasteiger partial charge in [-0.05, 0) is 53.5 Å². The minimum atomic E-state index is -2.10. The first-order chi connectivity index (χ1) is 16.1. The van der Waals surface area contributed by atoms with Gasteiger partial charge in [-0.25, -0.2) is 4.79 Å². The van der Waals surface area contributed by atoms with Gasteiger partial charge in [-0.1, -0.05) is 56.2 Å². The summed E-state index contributed by atoms with van der Waals surface area (Å²) in [6, 6.07) is 15.5. The molecular weight excluding hydrogens is 450 g/mol. The highest BCUT2D eigenvalue weighted by Crippen LogP contribution is 2.36.